The zero-order chi connectivity index (χ0) is 4.50. The van der Waals surface area contributed by atoms with Gasteiger partial charge in [-0.25, -0.2) is 0 Å². The van der Waals surface area contributed by atoms with Crippen LogP contribution >= 0.6 is 0 Å². The SMILES string of the molecule is O[Si](O)(O)O.[AlH3].[CaH2].[CaH2]. The van der Waals surface area contributed by atoms with E-state index in [2.05, 4.69) is 0 Å². The van der Waals surface area contributed by atoms with Gasteiger partial charge in [0.25, 0.3) is 0 Å². The first kappa shape index (κ1) is 22.5. The summed E-state index contributed by atoms with van der Waals surface area (Å²) in [5, 5.41) is 0. The molecule has 0 saturated carbocycles. The molecule has 0 heterocycles. The second-order valence-corrected chi connectivity index (χ2v) is 1.80. The molecule has 0 aromatic rings. The molecule has 0 aromatic heterocycles. The molecule has 0 aliphatic rings. The van der Waals surface area contributed by atoms with E-state index in [1.54, 1.807) is 0 Å². The van der Waals surface area contributed by atoms with Gasteiger partial charge in [-0.05, 0) is 0 Å². The maximum absolute atomic E-state index is 7.33. The molecule has 8 heavy (non-hydrogen) atoms. The number of hydrogen-bond donors (Lipinski definition) is 4. The zero-order valence-electron chi connectivity index (χ0n) is 2.29. The zero-order valence-corrected chi connectivity index (χ0v) is 3.29. The van der Waals surface area contributed by atoms with Crippen LogP contribution in [0.4, 0.5) is 0 Å². The van der Waals surface area contributed by atoms with Crippen molar-refractivity contribution in [3.05, 3.63) is 0 Å². The Morgan fingerprint density at radius 1 is 0.750 bits per heavy atom. The van der Waals surface area contributed by atoms with E-state index in [1.807, 2.05) is 0 Å². The average molecular weight is 210 g/mol. The second kappa shape index (κ2) is 10.1. The van der Waals surface area contributed by atoms with Crippen LogP contribution in [0.1, 0.15) is 0 Å². The van der Waals surface area contributed by atoms with Gasteiger partial charge in [0.1, 0.15) is 0 Å². The van der Waals surface area contributed by atoms with Gasteiger partial charge in [-0.3, -0.25) is 0 Å². The van der Waals surface area contributed by atoms with Gasteiger partial charge in [-0.1, -0.05) is 0 Å². The van der Waals surface area contributed by atoms with E-state index in [0.717, 1.165) is 0 Å². The van der Waals surface area contributed by atoms with Crippen molar-refractivity contribution in [3.63, 3.8) is 0 Å². The van der Waals surface area contributed by atoms with Crippen molar-refractivity contribution in [1.82, 2.24) is 0 Å². The fourth-order valence-corrected chi connectivity index (χ4v) is 0. The normalized spacial score (nSPS) is 7.50. The molecule has 4 N–H and O–H groups in total. The molecule has 0 spiro atoms. The Morgan fingerprint density at radius 3 is 0.750 bits per heavy atom. The molecule has 0 saturated heterocycles. The monoisotopic (exact) mass is 210 g/mol. The summed E-state index contributed by atoms with van der Waals surface area (Å²) in [4.78, 5) is 29.3. The Bertz CT molecular complexity index is 29.5. The van der Waals surface area contributed by atoms with Crippen LogP contribution in [0, 0.1) is 0 Å². The van der Waals surface area contributed by atoms with Crippen LogP contribution in [-0.2, 0) is 0 Å². The van der Waals surface area contributed by atoms with E-state index < -0.39 is 9.05 Å². The molecule has 0 unspecified atom stereocenters. The second-order valence-electron chi connectivity index (χ2n) is 0.600. The molecule has 0 aliphatic carbocycles. The Morgan fingerprint density at radius 2 is 0.750 bits per heavy atom. The average Bonchev–Trinajstić information content (AvgIpc) is 0.722. The van der Waals surface area contributed by atoms with Crippen molar-refractivity contribution in [3.8, 4) is 0 Å². The number of hydrogen-bond acceptors (Lipinski definition) is 4. The van der Waals surface area contributed by atoms with E-state index in [9.17, 15) is 0 Å². The number of rotatable bonds is 0. The molecule has 0 rings (SSSR count). The van der Waals surface area contributed by atoms with Crippen LogP contribution in [-0.4, -0.2) is 121 Å². The van der Waals surface area contributed by atoms with Crippen LogP contribution in [0.5, 0.6) is 0 Å². The predicted octanol–water partition coefficient (Wildman–Crippen LogP) is -5.63. The molecular formula is H11AlCa2O4Si. The first-order valence-electron chi connectivity index (χ1n) is 0.894. The summed E-state index contributed by atoms with van der Waals surface area (Å²) in [6, 6.07) is 0. The Kier molecular flexibility index (Phi) is 28.4. The van der Waals surface area contributed by atoms with E-state index in [1.165, 1.54) is 0 Å². The Labute approximate surface area is 119 Å². The Balaban J connectivity index is -0.0000000267. The summed E-state index contributed by atoms with van der Waals surface area (Å²) in [6.45, 7) is 0. The van der Waals surface area contributed by atoms with Gasteiger partial charge in [0.05, 0.1) is 0 Å². The van der Waals surface area contributed by atoms with Crippen LogP contribution in [0.15, 0.2) is 0 Å². The molecule has 0 amide bonds. The van der Waals surface area contributed by atoms with Gasteiger partial charge in [0.15, 0.2) is 17.4 Å². The standard InChI is InChI=1S/Al.2Ca.H4O4Si.7H/c;;;1-5(2,3)4;;;;;;;/h;;;1-4H;;;;;;;. The summed E-state index contributed by atoms with van der Waals surface area (Å²) >= 11 is 0. The van der Waals surface area contributed by atoms with Gasteiger partial charge >= 0.3 is 84.5 Å². The molecule has 0 fully saturated rings. The third-order valence-corrected chi connectivity index (χ3v) is 0. The topological polar surface area (TPSA) is 80.9 Å². The summed E-state index contributed by atoms with van der Waals surface area (Å²) in [5.74, 6) is 0. The Hall–Kier alpha value is 3.11. The fraction of sp³-hybridized carbons (Fsp3) is 0. The van der Waals surface area contributed by atoms with Gasteiger partial charge in [-0.15, -0.1) is 0 Å². The third-order valence-electron chi connectivity index (χ3n) is 0. The van der Waals surface area contributed by atoms with E-state index in [4.69, 9.17) is 19.2 Å². The molecule has 46 valence electrons. The molecule has 0 bridgehead atoms. The predicted molar refractivity (Wildman–Crippen MR) is 41.7 cm³/mol. The van der Waals surface area contributed by atoms with E-state index in [-0.39, 0.29) is 92.8 Å². The first-order chi connectivity index (χ1) is 2.00. The van der Waals surface area contributed by atoms with E-state index >= 15 is 0 Å². The van der Waals surface area contributed by atoms with Gasteiger partial charge < -0.3 is 19.2 Å². The molecular weight excluding hydrogens is 199 g/mol. The molecule has 0 atom stereocenters. The summed E-state index contributed by atoms with van der Waals surface area (Å²) in [5.41, 5.74) is 0. The van der Waals surface area contributed by atoms with Crippen LogP contribution < -0.4 is 0 Å². The van der Waals surface area contributed by atoms with Crippen LogP contribution in [0.2, 0.25) is 0 Å². The van der Waals surface area contributed by atoms with Gasteiger partial charge in [-0.2, -0.15) is 0 Å². The summed E-state index contributed by atoms with van der Waals surface area (Å²) in [7, 11) is -4.61. The molecule has 0 aliphatic heterocycles. The van der Waals surface area contributed by atoms with Gasteiger partial charge in [0.2, 0.25) is 0 Å². The van der Waals surface area contributed by atoms with Crippen molar-refractivity contribution in [2.45, 2.75) is 0 Å². The summed E-state index contributed by atoms with van der Waals surface area (Å²) in [6.07, 6.45) is 0. The van der Waals surface area contributed by atoms with Crippen molar-refractivity contribution in [2.75, 3.05) is 0 Å². The summed E-state index contributed by atoms with van der Waals surface area (Å²) < 4.78 is 0. The molecule has 8 heteroatoms. The fourth-order valence-electron chi connectivity index (χ4n) is 0. The van der Waals surface area contributed by atoms with E-state index in [0.29, 0.717) is 0 Å². The minimum absolute atomic E-state index is 0. The van der Waals surface area contributed by atoms with Crippen molar-refractivity contribution < 1.29 is 19.2 Å². The minimum atomic E-state index is -4.61. The van der Waals surface area contributed by atoms with Gasteiger partial charge in [0, 0.05) is 0 Å². The first-order valence-corrected chi connectivity index (χ1v) is 2.68. The maximum atomic E-state index is 7.33. The van der Waals surface area contributed by atoms with Crippen LogP contribution in [0.3, 0.4) is 0 Å². The van der Waals surface area contributed by atoms with Crippen molar-refractivity contribution in [2.24, 2.45) is 0 Å². The molecule has 4 nitrogen and oxygen atoms in total. The quantitative estimate of drug-likeness (QED) is 0.301. The van der Waals surface area contributed by atoms with Crippen molar-refractivity contribution in [1.29, 1.82) is 0 Å². The van der Waals surface area contributed by atoms with Crippen molar-refractivity contribution >= 4 is 102 Å². The molecule has 0 radical (unpaired) electrons. The molecule has 0 aromatic carbocycles. The third kappa shape index (κ3) is 62.0. The van der Waals surface area contributed by atoms with Crippen LogP contribution in [0.25, 0.3) is 0 Å².